The van der Waals surface area contributed by atoms with E-state index in [2.05, 4.69) is 15.6 Å². The summed E-state index contributed by atoms with van der Waals surface area (Å²) < 4.78 is 0. The number of aromatic nitrogens is 1. The van der Waals surface area contributed by atoms with Gasteiger partial charge in [0.05, 0.1) is 18.4 Å². The van der Waals surface area contributed by atoms with Gasteiger partial charge >= 0.3 is 5.97 Å². The third-order valence-corrected chi connectivity index (χ3v) is 5.78. The SMILES string of the molecule is O=C(O)C[C@H](NC(=O)[C@@H]1CCCN(C(=O)/C=C/C2CCNCC2)C1)c1cccnc1. The Labute approximate surface area is 176 Å². The molecule has 0 saturated carbocycles. The van der Waals surface area contributed by atoms with Crippen LogP contribution in [0.5, 0.6) is 0 Å². The Morgan fingerprint density at radius 2 is 2.10 bits per heavy atom. The van der Waals surface area contributed by atoms with Crippen molar-refractivity contribution in [1.82, 2.24) is 20.5 Å². The van der Waals surface area contributed by atoms with Crippen LogP contribution in [0.25, 0.3) is 0 Å². The van der Waals surface area contributed by atoms with Gasteiger partial charge in [-0.1, -0.05) is 12.1 Å². The number of aliphatic carboxylic acids is 1. The summed E-state index contributed by atoms with van der Waals surface area (Å²) in [5, 5.41) is 15.4. The van der Waals surface area contributed by atoms with Crippen LogP contribution in [0.3, 0.4) is 0 Å². The number of carboxylic acid groups (broad SMARTS) is 1. The van der Waals surface area contributed by atoms with E-state index in [9.17, 15) is 19.5 Å². The molecule has 0 radical (unpaired) electrons. The van der Waals surface area contributed by atoms with Crippen molar-refractivity contribution in [1.29, 1.82) is 0 Å². The van der Waals surface area contributed by atoms with Gasteiger partial charge < -0.3 is 20.6 Å². The second-order valence-electron chi connectivity index (χ2n) is 8.02. The fourth-order valence-corrected chi connectivity index (χ4v) is 4.05. The zero-order valence-electron chi connectivity index (χ0n) is 17.1. The predicted molar refractivity (Wildman–Crippen MR) is 111 cm³/mol. The van der Waals surface area contributed by atoms with Crippen LogP contribution in [-0.2, 0) is 14.4 Å². The molecular weight excluding hydrogens is 384 g/mol. The van der Waals surface area contributed by atoms with E-state index in [0.29, 0.717) is 31.0 Å². The second kappa shape index (κ2) is 10.9. The van der Waals surface area contributed by atoms with E-state index in [1.807, 2.05) is 6.08 Å². The van der Waals surface area contributed by atoms with Gasteiger partial charge in [-0.3, -0.25) is 19.4 Å². The number of rotatable bonds is 7. The van der Waals surface area contributed by atoms with Crippen LogP contribution in [-0.4, -0.2) is 59.0 Å². The van der Waals surface area contributed by atoms with Crippen LogP contribution in [0.4, 0.5) is 0 Å². The number of pyridine rings is 1. The van der Waals surface area contributed by atoms with E-state index in [-0.39, 0.29) is 24.2 Å². The van der Waals surface area contributed by atoms with Crippen molar-refractivity contribution in [3.63, 3.8) is 0 Å². The molecule has 2 atom stereocenters. The first-order valence-electron chi connectivity index (χ1n) is 10.6. The molecular formula is C22H30N4O4. The van der Waals surface area contributed by atoms with Gasteiger partial charge in [-0.15, -0.1) is 0 Å². The Hall–Kier alpha value is -2.74. The predicted octanol–water partition coefficient (Wildman–Crippen LogP) is 1.51. The fourth-order valence-electron chi connectivity index (χ4n) is 4.05. The zero-order chi connectivity index (χ0) is 21.3. The normalized spacial score (nSPS) is 21.3. The summed E-state index contributed by atoms with van der Waals surface area (Å²) in [5.74, 6) is -1.18. The second-order valence-corrected chi connectivity index (χ2v) is 8.02. The van der Waals surface area contributed by atoms with Crippen molar-refractivity contribution in [3.8, 4) is 0 Å². The molecule has 30 heavy (non-hydrogen) atoms. The highest BCUT2D eigenvalue weighted by atomic mass is 16.4. The van der Waals surface area contributed by atoms with Crippen molar-refractivity contribution in [2.24, 2.45) is 11.8 Å². The maximum absolute atomic E-state index is 12.8. The van der Waals surface area contributed by atoms with Gasteiger partial charge in [-0.05, 0) is 62.4 Å². The third kappa shape index (κ3) is 6.38. The molecule has 3 N–H and O–H groups in total. The number of carbonyl (C=O) groups excluding carboxylic acids is 2. The van der Waals surface area contributed by atoms with Gasteiger partial charge in [0.15, 0.2) is 0 Å². The lowest BCUT2D eigenvalue weighted by Crippen LogP contribution is -2.46. The van der Waals surface area contributed by atoms with Crippen molar-refractivity contribution in [3.05, 3.63) is 42.2 Å². The Bertz CT molecular complexity index is 762. The fraction of sp³-hybridized carbons (Fsp3) is 0.545. The van der Waals surface area contributed by atoms with Gasteiger partial charge in [0.2, 0.25) is 11.8 Å². The number of carbonyl (C=O) groups is 3. The highest BCUT2D eigenvalue weighted by Crippen LogP contribution is 2.21. The molecule has 2 fully saturated rings. The summed E-state index contributed by atoms with van der Waals surface area (Å²) >= 11 is 0. The Morgan fingerprint density at radius 1 is 1.30 bits per heavy atom. The number of nitrogens with zero attached hydrogens (tertiary/aromatic N) is 2. The summed E-state index contributed by atoms with van der Waals surface area (Å²) in [4.78, 5) is 42.4. The van der Waals surface area contributed by atoms with Crippen LogP contribution >= 0.6 is 0 Å². The van der Waals surface area contributed by atoms with Gasteiger partial charge in [-0.25, -0.2) is 0 Å². The maximum atomic E-state index is 12.8. The number of amides is 2. The Kier molecular flexibility index (Phi) is 7.96. The Balaban J connectivity index is 1.57. The minimum absolute atomic E-state index is 0.0552. The zero-order valence-corrected chi connectivity index (χ0v) is 17.1. The summed E-state index contributed by atoms with van der Waals surface area (Å²) in [6.45, 7) is 2.95. The van der Waals surface area contributed by atoms with Crippen molar-refractivity contribution < 1.29 is 19.5 Å². The lowest BCUT2D eigenvalue weighted by Gasteiger charge is -2.32. The number of piperidine rings is 2. The molecule has 2 amide bonds. The van der Waals surface area contributed by atoms with E-state index in [1.54, 1.807) is 35.5 Å². The third-order valence-electron chi connectivity index (χ3n) is 5.78. The highest BCUT2D eigenvalue weighted by molar-refractivity contribution is 5.88. The summed E-state index contributed by atoms with van der Waals surface area (Å²) in [7, 11) is 0. The van der Waals surface area contributed by atoms with Gasteiger partial charge in [0.1, 0.15) is 0 Å². The van der Waals surface area contributed by atoms with Crippen LogP contribution in [0.1, 0.15) is 43.7 Å². The molecule has 8 heteroatoms. The van der Waals surface area contributed by atoms with E-state index in [1.165, 1.54) is 0 Å². The average Bonchev–Trinajstić information content (AvgIpc) is 2.78. The number of allylic oxidation sites excluding steroid dienone is 1. The topological polar surface area (TPSA) is 112 Å². The van der Waals surface area contributed by atoms with E-state index in [0.717, 1.165) is 32.4 Å². The number of likely N-dealkylation sites (tertiary alicyclic amines) is 1. The highest BCUT2D eigenvalue weighted by Gasteiger charge is 2.30. The van der Waals surface area contributed by atoms with Crippen LogP contribution in [0, 0.1) is 11.8 Å². The van der Waals surface area contributed by atoms with Crippen molar-refractivity contribution in [2.45, 2.75) is 38.1 Å². The molecule has 1 aromatic heterocycles. The molecule has 3 heterocycles. The van der Waals surface area contributed by atoms with Crippen LogP contribution < -0.4 is 10.6 Å². The average molecular weight is 415 g/mol. The van der Waals surface area contributed by atoms with Crippen molar-refractivity contribution in [2.75, 3.05) is 26.2 Å². The molecule has 0 aromatic carbocycles. The standard InChI is InChI=1S/C22H30N4O4/c27-20(6-5-16-7-10-23-11-8-16)26-12-2-4-18(15-26)22(30)25-19(13-21(28)29)17-3-1-9-24-14-17/h1,3,5-6,9,14,16,18-19,23H,2,4,7-8,10-13,15H2,(H,25,30)(H,28,29)/b6-5+/t18-,19+/m1/s1. The number of nitrogens with one attached hydrogen (secondary N) is 2. The quantitative estimate of drug-likeness (QED) is 0.583. The van der Waals surface area contributed by atoms with Crippen LogP contribution in [0.15, 0.2) is 36.7 Å². The molecule has 2 aliphatic rings. The van der Waals surface area contributed by atoms with Gasteiger partial charge in [0, 0.05) is 25.5 Å². The first-order chi connectivity index (χ1) is 14.5. The lowest BCUT2D eigenvalue weighted by atomic mass is 9.95. The maximum Gasteiger partial charge on any atom is 0.305 e. The minimum atomic E-state index is -0.993. The number of hydrogen-bond acceptors (Lipinski definition) is 5. The monoisotopic (exact) mass is 414 g/mol. The van der Waals surface area contributed by atoms with Gasteiger partial charge in [-0.2, -0.15) is 0 Å². The summed E-state index contributed by atoms with van der Waals surface area (Å²) in [6.07, 6.45) is 10.1. The van der Waals surface area contributed by atoms with E-state index < -0.39 is 12.0 Å². The first-order valence-corrected chi connectivity index (χ1v) is 10.6. The van der Waals surface area contributed by atoms with Crippen molar-refractivity contribution >= 4 is 17.8 Å². The molecule has 1 aromatic rings. The summed E-state index contributed by atoms with van der Waals surface area (Å²) in [5.41, 5.74) is 0.655. The molecule has 0 spiro atoms. The number of carboxylic acids is 1. The Morgan fingerprint density at radius 3 is 2.80 bits per heavy atom. The molecule has 0 unspecified atom stereocenters. The molecule has 162 valence electrons. The van der Waals surface area contributed by atoms with E-state index >= 15 is 0 Å². The minimum Gasteiger partial charge on any atom is -0.481 e. The lowest BCUT2D eigenvalue weighted by molar-refractivity contribution is -0.138. The largest absolute Gasteiger partial charge is 0.481 e. The first kappa shape index (κ1) is 22.0. The molecule has 2 saturated heterocycles. The van der Waals surface area contributed by atoms with Crippen LogP contribution in [0.2, 0.25) is 0 Å². The van der Waals surface area contributed by atoms with Gasteiger partial charge in [0.25, 0.3) is 0 Å². The molecule has 0 aliphatic carbocycles. The molecule has 8 nitrogen and oxygen atoms in total. The molecule has 2 aliphatic heterocycles. The van der Waals surface area contributed by atoms with E-state index in [4.69, 9.17) is 0 Å². The molecule has 0 bridgehead atoms. The molecule has 3 rings (SSSR count). The smallest absolute Gasteiger partial charge is 0.305 e. The summed E-state index contributed by atoms with van der Waals surface area (Å²) in [6, 6.07) is 2.82. The number of hydrogen-bond donors (Lipinski definition) is 3.